The summed E-state index contributed by atoms with van der Waals surface area (Å²) in [5.74, 6) is -1.50. The van der Waals surface area contributed by atoms with Gasteiger partial charge in [-0.2, -0.15) is 13.2 Å². The number of nitrogens with two attached hydrogens (primary N) is 1. The molecular formula is C11H7F4N3O2S. The standard InChI is InChI=1S/C11H7F4N3O2S/c12-6-3-1-5(2-4-6)7(8(16)19)20-10-18-17-9(21-10)11(13,14)15/h1-4,7H,(H2,16,19). The third kappa shape index (κ3) is 3.66. The van der Waals surface area contributed by atoms with Crippen LogP contribution in [0.4, 0.5) is 17.6 Å². The Labute approximate surface area is 119 Å². The van der Waals surface area contributed by atoms with Gasteiger partial charge in [0, 0.05) is 5.56 Å². The van der Waals surface area contributed by atoms with Crippen molar-refractivity contribution in [2.45, 2.75) is 12.3 Å². The highest BCUT2D eigenvalue weighted by molar-refractivity contribution is 7.13. The fourth-order valence-corrected chi connectivity index (χ4v) is 1.99. The monoisotopic (exact) mass is 321 g/mol. The van der Waals surface area contributed by atoms with Crippen LogP contribution in [0.2, 0.25) is 0 Å². The summed E-state index contributed by atoms with van der Waals surface area (Å²) in [5.41, 5.74) is 5.31. The number of ether oxygens (including phenoxy) is 1. The van der Waals surface area contributed by atoms with Gasteiger partial charge in [0.15, 0.2) is 0 Å². The summed E-state index contributed by atoms with van der Waals surface area (Å²) in [6.45, 7) is 0. The van der Waals surface area contributed by atoms with Crippen LogP contribution >= 0.6 is 11.3 Å². The zero-order valence-corrected chi connectivity index (χ0v) is 10.9. The van der Waals surface area contributed by atoms with Gasteiger partial charge in [0.05, 0.1) is 0 Å². The molecule has 21 heavy (non-hydrogen) atoms. The highest BCUT2D eigenvalue weighted by Gasteiger charge is 2.36. The fourth-order valence-electron chi connectivity index (χ4n) is 1.40. The number of benzene rings is 1. The number of rotatable bonds is 4. The summed E-state index contributed by atoms with van der Waals surface area (Å²) < 4.78 is 55.0. The molecule has 0 spiro atoms. The number of hydrogen-bond donors (Lipinski definition) is 1. The van der Waals surface area contributed by atoms with Crippen molar-refractivity contribution >= 4 is 17.2 Å². The maximum atomic E-state index is 12.8. The molecule has 5 nitrogen and oxygen atoms in total. The lowest BCUT2D eigenvalue weighted by atomic mass is 10.1. The van der Waals surface area contributed by atoms with E-state index in [1.54, 1.807) is 0 Å². The van der Waals surface area contributed by atoms with Gasteiger partial charge in [-0.05, 0) is 12.1 Å². The third-order valence-electron chi connectivity index (χ3n) is 2.30. The number of halogens is 4. The Kier molecular flexibility index (Phi) is 4.07. The van der Waals surface area contributed by atoms with E-state index in [-0.39, 0.29) is 16.9 Å². The van der Waals surface area contributed by atoms with Gasteiger partial charge in [-0.1, -0.05) is 28.6 Å². The Bertz CT molecular complexity index is 642. The minimum Gasteiger partial charge on any atom is -0.451 e. The van der Waals surface area contributed by atoms with Crippen molar-refractivity contribution in [2.75, 3.05) is 0 Å². The molecule has 2 N–H and O–H groups in total. The van der Waals surface area contributed by atoms with Crippen LogP contribution in [0.25, 0.3) is 0 Å². The maximum absolute atomic E-state index is 12.8. The number of nitrogens with zero attached hydrogens (tertiary/aromatic N) is 2. The number of carbonyl (C=O) groups excluding carboxylic acids is 1. The molecule has 0 aliphatic carbocycles. The van der Waals surface area contributed by atoms with Crippen molar-refractivity contribution < 1.29 is 27.1 Å². The van der Waals surface area contributed by atoms with Crippen LogP contribution in [0.5, 0.6) is 5.19 Å². The highest BCUT2D eigenvalue weighted by atomic mass is 32.1. The van der Waals surface area contributed by atoms with Crippen LogP contribution in [0, 0.1) is 5.82 Å². The van der Waals surface area contributed by atoms with E-state index in [0.29, 0.717) is 0 Å². The number of amides is 1. The quantitative estimate of drug-likeness (QED) is 0.877. The number of carbonyl (C=O) groups is 1. The molecule has 0 aliphatic heterocycles. The van der Waals surface area contributed by atoms with Gasteiger partial charge < -0.3 is 10.5 Å². The summed E-state index contributed by atoms with van der Waals surface area (Å²) in [6.07, 6.45) is -6.04. The van der Waals surface area contributed by atoms with Crippen molar-refractivity contribution in [1.82, 2.24) is 10.2 Å². The first kappa shape index (κ1) is 15.2. The Balaban J connectivity index is 2.23. The molecule has 1 aromatic heterocycles. The van der Waals surface area contributed by atoms with Crippen LogP contribution in [0.15, 0.2) is 24.3 Å². The molecule has 1 heterocycles. The Morgan fingerprint density at radius 1 is 1.24 bits per heavy atom. The highest BCUT2D eigenvalue weighted by Crippen LogP contribution is 2.35. The molecule has 112 valence electrons. The lowest BCUT2D eigenvalue weighted by Gasteiger charge is -2.13. The normalized spacial score (nSPS) is 13.0. The molecule has 1 amide bonds. The van der Waals surface area contributed by atoms with Crippen molar-refractivity contribution in [2.24, 2.45) is 5.73 Å². The smallest absolute Gasteiger partial charge is 0.445 e. The van der Waals surface area contributed by atoms with Crippen molar-refractivity contribution in [3.05, 3.63) is 40.7 Å². The second kappa shape index (κ2) is 5.64. The SMILES string of the molecule is NC(=O)C(Oc1nnc(C(F)(F)F)s1)c1ccc(F)cc1. The lowest BCUT2D eigenvalue weighted by Crippen LogP contribution is -2.26. The van der Waals surface area contributed by atoms with E-state index < -0.39 is 34.2 Å². The average molecular weight is 321 g/mol. The topological polar surface area (TPSA) is 78.1 Å². The molecule has 0 radical (unpaired) electrons. The Morgan fingerprint density at radius 2 is 1.86 bits per heavy atom. The summed E-state index contributed by atoms with van der Waals surface area (Å²) in [7, 11) is 0. The molecule has 0 fully saturated rings. The van der Waals surface area contributed by atoms with Gasteiger partial charge in [-0.3, -0.25) is 4.79 Å². The first-order chi connectivity index (χ1) is 9.77. The summed E-state index contributed by atoms with van der Waals surface area (Å²) in [4.78, 5) is 11.3. The van der Waals surface area contributed by atoms with Gasteiger partial charge >= 0.3 is 6.18 Å². The van der Waals surface area contributed by atoms with E-state index in [1.165, 1.54) is 12.1 Å². The van der Waals surface area contributed by atoms with Crippen molar-refractivity contribution in [3.8, 4) is 5.19 Å². The number of alkyl halides is 3. The molecule has 0 saturated carbocycles. The second-order valence-electron chi connectivity index (χ2n) is 3.82. The van der Waals surface area contributed by atoms with Crippen LogP contribution < -0.4 is 10.5 Å². The van der Waals surface area contributed by atoms with Gasteiger partial charge in [0.1, 0.15) is 5.82 Å². The average Bonchev–Trinajstić information content (AvgIpc) is 2.85. The van der Waals surface area contributed by atoms with E-state index in [4.69, 9.17) is 10.5 Å². The molecule has 10 heteroatoms. The summed E-state index contributed by atoms with van der Waals surface area (Å²) >= 11 is 0.132. The number of primary amides is 1. The van der Waals surface area contributed by atoms with Crippen molar-refractivity contribution in [1.29, 1.82) is 0 Å². The first-order valence-electron chi connectivity index (χ1n) is 5.39. The third-order valence-corrected chi connectivity index (χ3v) is 3.16. The van der Waals surface area contributed by atoms with E-state index in [0.717, 1.165) is 12.1 Å². The molecule has 0 aliphatic rings. The van der Waals surface area contributed by atoms with Crippen LogP contribution in [-0.4, -0.2) is 16.1 Å². The fraction of sp³-hybridized carbons (Fsp3) is 0.182. The molecule has 1 aromatic carbocycles. The molecule has 2 rings (SSSR count). The first-order valence-corrected chi connectivity index (χ1v) is 6.21. The van der Waals surface area contributed by atoms with Gasteiger partial charge in [-0.15, -0.1) is 5.10 Å². The molecule has 2 aromatic rings. The van der Waals surface area contributed by atoms with Crippen molar-refractivity contribution in [3.63, 3.8) is 0 Å². The van der Waals surface area contributed by atoms with E-state index in [2.05, 4.69) is 10.2 Å². The van der Waals surface area contributed by atoms with E-state index in [9.17, 15) is 22.4 Å². The zero-order chi connectivity index (χ0) is 15.6. The van der Waals surface area contributed by atoms with Crippen LogP contribution in [0.3, 0.4) is 0 Å². The van der Waals surface area contributed by atoms with Crippen LogP contribution in [-0.2, 0) is 11.0 Å². The lowest BCUT2D eigenvalue weighted by molar-refractivity contribution is -0.138. The predicted octanol–water partition coefficient (Wildman–Crippen LogP) is 2.30. The van der Waals surface area contributed by atoms with Gasteiger partial charge in [0.25, 0.3) is 11.1 Å². The maximum Gasteiger partial charge on any atom is 0.445 e. The second-order valence-corrected chi connectivity index (χ2v) is 4.76. The molecular weight excluding hydrogens is 314 g/mol. The molecule has 1 atom stereocenters. The van der Waals surface area contributed by atoms with Gasteiger partial charge in [0.2, 0.25) is 11.1 Å². The predicted molar refractivity (Wildman–Crippen MR) is 63.9 cm³/mol. The van der Waals surface area contributed by atoms with Crippen LogP contribution in [0.1, 0.15) is 16.7 Å². The Hall–Kier alpha value is -2.23. The number of hydrogen-bond acceptors (Lipinski definition) is 5. The molecule has 1 unspecified atom stereocenters. The largest absolute Gasteiger partial charge is 0.451 e. The minimum absolute atomic E-state index is 0.132. The number of aromatic nitrogens is 2. The molecule has 0 saturated heterocycles. The Morgan fingerprint density at radius 3 is 2.33 bits per heavy atom. The van der Waals surface area contributed by atoms with Gasteiger partial charge in [-0.25, -0.2) is 4.39 Å². The van der Waals surface area contributed by atoms with E-state index in [1.807, 2.05) is 0 Å². The minimum atomic E-state index is -4.66. The van der Waals surface area contributed by atoms with E-state index >= 15 is 0 Å². The summed E-state index contributed by atoms with van der Waals surface area (Å²) in [5, 5.41) is 4.44. The molecule has 0 bridgehead atoms. The summed E-state index contributed by atoms with van der Waals surface area (Å²) in [6, 6.07) is 4.60. The zero-order valence-electron chi connectivity index (χ0n) is 10.1.